The van der Waals surface area contributed by atoms with Crippen molar-refractivity contribution in [3.63, 3.8) is 0 Å². The number of alkyl halides is 3. The molecule has 1 aliphatic rings. The number of ketones is 1. The van der Waals surface area contributed by atoms with Crippen molar-refractivity contribution in [3.8, 4) is 5.75 Å². The molecule has 0 spiro atoms. The van der Waals surface area contributed by atoms with Gasteiger partial charge in [-0.1, -0.05) is 12.1 Å². The average molecular weight is 278 g/mol. The van der Waals surface area contributed by atoms with Crippen LogP contribution in [0.25, 0.3) is 6.08 Å². The fraction of sp³-hybridized carbons (Fsp3) is 0.100. The summed E-state index contributed by atoms with van der Waals surface area (Å²) in [4.78, 5) is 11.3. The van der Waals surface area contributed by atoms with Gasteiger partial charge in [0.25, 0.3) is 0 Å². The summed E-state index contributed by atoms with van der Waals surface area (Å²) in [6, 6.07) is 3.31. The fourth-order valence-electron chi connectivity index (χ4n) is 1.38. The third-order valence-corrected chi connectivity index (χ3v) is 3.17. The summed E-state index contributed by atoms with van der Waals surface area (Å²) in [5, 5.41) is 0. The van der Waals surface area contributed by atoms with E-state index in [1.165, 1.54) is 18.2 Å². The molecular weight excluding hydrogens is 273 g/mol. The lowest BCUT2D eigenvalue weighted by atomic mass is 10.1. The van der Waals surface area contributed by atoms with Crippen LogP contribution in [0.4, 0.5) is 13.2 Å². The van der Waals surface area contributed by atoms with Gasteiger partial charge in [-0.15, -0.1) is 0 Å². The average Bonchev–Trinajstić information content (AvgIpc) is 2.58. The molecule has 0 unspecified atom stereocenters. The zero-order valence-electron chi connectivity index (χ0n) is 8.56. The van der Waals surface area contributed by atoms with Crippen molar-refractivity contribution >= 4 is 22.0 Å². The SMILES string of the molecule is O=C1C=Cc2ccc(OS(=O)(=O)C(F)(F)F)cc21. The number of benzene rings is 1. The molecule has 0 radical (unpaired) electrons. The minimum absolute atomic E-state index is 0.102. The highest BCUT2D eigenvalue weighted by Gasteiger charge is 2.48. The Morgan fingerprint density at radius 1 is 1.11 bits per heavy atom. The van der Waals surface area contributed by atoms with E-state index in [2.05, 4.69) is 4.18 Å². The highest BCUT2D eigenvalue weighted by molar-refractivity contribution is 7.88. The van der Waals surface area contributed by atoms with Gasteiger partial charge in [-0.3, -0.25) is 4.79 Å². The molecule has 0 heterocycles. The van der Waals surface area contributed by atoms with Gasteiger partial charge >= 0.3 is 15.6 Å². The first-order valence-corrected chi connectivity index (χ1v) is 5.99. The van der Waals surface area contributed by atoms with Gasteiger partial charge < -0.3 is 4.18 Å². The second kappa shape index (κ2) is 3.84. The van der Waals surface area contributed by atoms with Crippen LogP contribution in [-0.4, -0.2) is 19.7 Å². The Kier molecular flexibility index (Phi) is 2.69. The van der Waals surface area contributed by atoms with Gasteiger partial charge in [-0.05, 0) is 23.8 Å². The van der Waals surface area contributed by atoms with Crippen LogP contribution in [0, 0.1) is 0 Å². The third kappa shape index (κ3) is 2.10. The second-order valence-corrected chi connectivity index (χ2v) is 4.97. The number of carbonyl (C=O) groups excluding carboxylic acids is 1. The molecule has 1 aromatic rings. The molecule has 0 atom stereocenters. The molecule has 0 amide bonds. The molecule has 0 N–H and O–H groups in total. The van der Waals surface area contributed by atoms with E-state index in [1.807, 2.05) is 0 Å². The molecular formula is C10H5F3O4S. The van der Waals surface area contributed by atoms with Crippen LogP contribution < -0.4 is 4.18 Å². The number of hydrogen-bond donors (Lipinski definition) is 0. The quantitative estimate of drug-likeness (QED) is 0.614. The first-order valence-electron chi connectivity index (χ1n) is 4.58. The van der Waals surface area contributed by atoms with Crippen LogP contribution in [0.5, 0.6) is 5.75 Å². The van der Waals surface area contributed by atoms with Gasteiger partial charge in [-0.25, -0.2) is 0 Å². The Hall–Kier alpha value is -1.83. The van der Waals surface area contributed by atoms with E-state index < -0.39 is 27.2 Å². The monoisotopic (exact) mass is 278 g/mol. The van der Waals surface area contributed by atoms with Gasteiger partial charge in [0.15, 0.2) is 5.78 Å². The lowest BCUT2D eigenvalue weighted by molar-refractivity contribution is -0.0500. The zero-order valence-corrected chi connectivity index (χ0v) is 9.38. The van der Waals surface area contributed by atoms with Crippen molar-refractivity contribution in [1.82, 2.24) is 0 Å². The van der Waals surface area contributed by atoms with E-state index in [1.54, 1.807) is 0 Å². The lowest BCUT2D eigenvalue weighted by Gasteiger charge is -2.10. The number of hydrogen-bond acceptors (Lipinski definition) is 4. The topological polar surface area (TPSA) is 60.4 Å². The third-order valence-electron chi connectivity index (χ3n) is 2.19. The van der Waals surface area contributed by atoms with Crippen molar-refractivity contribution in [1.29, 1.82) is 0 Å². The molecule has 96 valence electrons. The summed E-state index contributed by atoms with van der Waals surface area (Å²) < 4.78 is 61.7. The van der Waals surface area contributed by atoms with Crippen LogP contribution in [0.2, 0.25) is 0 Å². The van der Waals surface area contributed by atoms with Crippen molar-refractivity contribution in [2.45, 2.75) is 5.51 Å². The minimum atomic E-state index is -5.72. The zero-order chi connectivity index (χ0) is 13.6. The standard InChI is InChI=1S/C10H5F3O4S/c11-10(12,13)18(15,16)17-7-3-1-6-2-4-9(14)8(6)5-7/h1-5H. The number of carbonyl (C=O) groups is 1. The van der Waals surface area contributed by atoms with Crippen molar-refractivity contribution in [2.24, 2.45) is 0 Å². The molecule has 0 saturated heterocycles. The Labute approximate surface area is 99.8 Å². The van der Waals surface area contributed by atoms with E-state index in [-0.39, 0.29) is 5.56 Å². The number of fused-ring (bicyclic) bond motifs is 1. The molecule has 0 saturated carbocycles. The fourth-order valence-corrected chi connectivity index (χ4v) is 1.83. The van der Waals surface area contributed by atoms with Crippen LogP contribution in [0.3, 0.4) is 0 Å². The Balaban J connectivity index is 2.34. The first kappa shape index (κ1) is 12.6. The van der Waals surface area contributed by atoms with E-state index >= 15 is 0 Å². The van der Waals surface area contributed by atoms with Gasteiger partial charge in [0, 0.05) is 5.56 Å². The van der Waals surface area contributed by atoms with E-state index in [0.29, 0.717) is 5.56 Å². The van der Waals surface area contributed by atoms with E-state index in [4.69, 9.17) is 0 Å². The van der Waals surface area contributed by atoms with Crippen LogP contribution >= 0.6 is 0 Å². The Morgan fingerprint density at radius 2 is 1.78 bits per heavy atom. The van der Waals surface area contributed by atoms with Crippen molar-refractivity contribution in [3.05, 3.63) is 35.4 Å². The maximum Gasteiger partial charge on any atom is 0.534 e. The molecule has 1 aromatic carbocycles. The highest BCUT2D eigenvalue weighted by Crippen LogP contribution is 2.29. The Bertz CT molecular complexity index is 644. The summed E-state index contributed by atoms with van der Waals surface area (Å²) in [5.41, 5.74) is -4.91. The van der Waals surface area contributed by atoms with E-state index in [9.17, 15) is 26.4 Å². The van der Waals surface area contributed by atoms with Crippen molar-refractivity contribution < 1.29 is 30.6 Å². The van der Waals surface area contributed by atoms with Crippen LogP contribution in [0.1, 0.15) is 15.9 Å². The normalized spacial score (nSPS) is 14.7. The van der Waals surface area contributed by atoms with Gasteiger partial charge in [-0.2, -0.15) is 21.6 Å². The van der Waals surface area contributed by atoms with Crippen LogP contribution in [0.15, 0.2) is 24.3 Å². The predicted molar refractivity (Wildman–Crippen MR) is 55.4 cm³/mol. The predicted octanol–water partition coefficient (Wildman–Crippen LogP) is 2.12. The number of rotatable bonds is 2. The molecule has 0 aromatic heterocycles. The summed E-state index contributed by atoms with van der Waals surface area (Å²) in [5.74, 6) is -0.969. The molecule has 4 nitrogen and oxygen atoms in total. The molecule has 0 fully saturated rings. The molecule has 0 bridgehead atoms. The van der Waals surface area contributed by atoms with Gasteiger partial charge in [0.1, 0.15) is 5.75 Å². The molecule has 2 rings (SSSR count). The largest absolute Gasteiger partial charge is 0.534 e. The second-order valence-electron chi connectivity index (χ2n) is 3.43. The van der Waals surface area contributed by atoms with E-state index in [0.717, 1.165) is 12.1 Å². The highest BCUT2D eigenvalue weighted by atomic mass is 32.2. The molecule has 1 aliphatic carbocycles. The minimum Gasteiger partial charge on any atom is -0.376 e. The smallest absolute Gasteiger partial charge is 0.376 e. The van der Waals surface area contributed by atoms with Gasteiger partial charge in [0.2, 0.25) is 0 Å². The summed E-state index contributed by atoms with van der Waals surface area (Å²) in [7, 11) is -5.72. The van der Waals surface area contributed by atoms with Gasteiger partial charge in [0.05, 0.1) is 0 Å². The molecule has 18 heavy (non-hydrogen) atoms. The van der Waals surface area contributed by atoms with Crippen LogP contribution in [-0.2, 0) is 10.1 Å². The number of allylic oxidation sites excluding steroid dienone is 1. The first-order chi connectivity index (χ1) is 8.21. The molecule has 8 heteroatoms. The number of halogens is 3. The van der Waals surface area contributed by atoms with Crippen molar-refractivity contribution in [2.75, 3.05) is 0 Å². The lowest BCUT2D eigenvalue weighted by Crippen LogP contribution is -2.28. The maximum atomic E-state index is 12.1. The molecule has 0 aliphatic heterocycles. The summed E-state index contributed by atoms with van der Waals surface area (Å²) >= 11 is 0. The maximum absolute atomic E-state index is 12.1. The summed E-state index contributed by atoms with van der Waals surface area (Å²) in [6.45, 7) is 0. The Morgan fingerprint density at radius 3 is 2.39 bits per heavy atom. The summed E-state index contributed by atoms with van der Waals surface area (Å²) in [6.07, 6.45) is 2.70.